The van der Waals surface area contributed by atoms with E-state index >= 15 is 0 Å². The van der Waals surface area contributed by atoms with Crippen LogP contribution >= 0.6 is 0 Å². The topological polar surface area (TPSA) is 26.0 Å². The van der Waals surface area contributed by atoms with Crippen molar-refractivity contribution in [2.45, 2.75) is 6.42 Å². The smallest absolute Gasteiger partial charge is 0.0555 e. The van der Waals surface area contributed by atoms with E-state index in [1.807, 2.05) is 6.07 Å². The molecule has 0 saturated carbocycles. The Hall–Kier alpha value is -1.52. The van der Waals surface area contributed by atoms with E-state index in [9.17, 15) is 0 Å². The molecule has 1 aromatic carbocycles. The fourth-order valence-corrected chi connectivity index (χ4v) is 1.56. The maximum absolute atomic E-state index is 5.33. The van der Waals surface area contributed by atoms with Crippen LogP contribution in [0.4, 0.5) is 0 Å². The van der Waals surface area contributed by atoms with Crippen molar-refractivity contribution in [3.63, 3.8) is 0 Å². The Bertz CT molecular complexity index is 405. The molecule has 1 aromatic rings. The molecule has 1 aliphatic rings. The highest BCUT2D eigenvalue weighted by Gasteiger charge is 2.07. The van der Waals surface area contributed by atoms with Gasteiger partial charge in [-0.2, -0.15) is 0 Å². The predicted octanol–water partition coefficient (Wildman–Crippen LogP) is 1.57. The van der Waals surface area contributed by atoms with Crippen LogP contribution in [0.5, 0.6) is 0 Å². The molecule has 0 radical (unpaired) electrons. The molecule has 0 atom stereocenters. The lowest BCUT2D eigenvalue weighted by molar-refractivity contribution is 1.28. The zero-order valence-corrected chi connectivity index (χ0v) is 7.38. The Kier molecular flexibility index (Phi) is 2.16. The van der Waals surface area contributed by atoms with E-state index in [4.69, 9.17) is 5.73 Å². The number of fused-ring (bicyclic) bond motifs is 1. The molecule has 0 fully saturated rings. The fraction of sp³-hybridized carbons (Fsp3) is 0.167. The molecule has 0 bridgehead atoms. The van der Waals surface area contributed by atoms with Crippen molar-refractivity contribution < 1.29 is 0 Å². The van der Waals surface area contributed by atoms with Gasteiger partial charge in [-0.3, -0.25) is 0 Å². The van der Waals surface area contributed by atoms with Crippen molar-refractivity contribution in [3.05, 3.63) is 41.0 Å². The lowest BCUT2D eigenvalue weighted by Gasteiger charge is -2.00. The highest BCUT2D eigenvalue weighted by Crippen LogP contribution is 2.22. The summed E-state index contributed by atoms with van der Waals surface area (Å²) in [4.78, 5) is 0. The summed E-state index contributed by atoms with van der Waals surface area (Å²) in [7, 11) is 0. The highest BCUT2D eigenvalue weighted by molar-refractivity contribution is 5.64. The van der Waals surface area contributed by atoms with Crippen molar-refractivity contribution >= 4 is 6.08 Å². The summed E-state index contributed by atoms with van der Waals surface area (Å²) in [5, 5.41) is 0. The first-order chi connectivity index (χ1) is 6.42. The standard InChI is InChI=1S/C12H11N/c13-9-3-7-11-5-1-4-10-6-2-8-12(10)11/h1-2,4-6H,8-9,13H2. The van der Waals surface area contributed by atoms with Crippen LogP contribution in [-0.4, -0.2) is 6.54 Å². The molecule has 0 aromatic heterocycles. The molecule has 13 heavy (non-hydrogen) atoms. The molecular formula is C12H11N. The Morgan fingerprint density at radius 1 is 1.38 bits per heavy atom. The molecule has 64 valence electrons. The first-order valence-electron chi connectivity index (χ1n) is 4.39. The number of hydrogen-bond donors (Lipinski definition) is 1. The molecule has 0 spiro atoms. The van der Waals surface area contributed by atoms with Crippen LogP contribution in [0.2, 0.25) is 0 Å². The minimum absolute atomic E-state index is 0.428. The number of nitrogens with two attached hydrogens (primary N) is 1. The molecule has 1 heteroatoms. The number of allylic oxidation sites excluding steroid dienone is 1. The average molecular weight is 169 g/mol. The van der Waals surface area contributed by atoms with Gasteiger partial charge in [0.2, 0.25) is 0 Å². The van der Waals surface area contributed by atoms with Crippen molar-refractivity contribution in [1.29, 1.82) is 0 Å². The molecule has 0 unspecified atom stereocenters. The van der Waals surface area contributed by atoms with Gasteiger partial charge >= 0.3 is 0 Å². The highest BCUT2D eigenvalue weighted by atomic mass is 14.5. The second-order valence-electron chi connectivity index (χ2n) is 2.99. The van der Waals surface area contributed by atoms with E-state index < -0.39 is 0 Å². The van der Waals surface area contributed by atoms with Gasteiger partial charge in [0, 0.05) is 5.56 Å². The summed E-state index contributed by atoms with van der Waals surface area (Å²) in [6, 6.07) is 6.20. The van der Waals surface area contributed by atoms with E-state index in [0.29, 0.717) is 6.54 Å². The van der Waals surface area contributed by atoms with Crippen LogP contribution in [0.1, 0.15) is 16.7 Å². The lowest BCUT2D eigenvalue weighted by Crippen LogP contribution is -1.94. The van der Waals surface area contributed by atoms with Gasteiger partial charge in [-0.15, -0.1) is 0 Å². The van der Waals surface area contributed by atoms with Gasteiger partial charge < -0.3 is 5.73 Å². The van der Waals surface area contributed by atoms with Crippen LogP contribution in [0.15, 0.2) is 24.3 Å². The second kappa shape index (κ2) is 3.47. The van der Waals surface area contributed by atoms with Crippen LogP contribution in [0.3, 0.4) is 0 Å². The van der Waals surface area contributed by atoms with Gasteiger partial charge in [0.1, 0.15) is 0 Å². The maximum atomic E-state index is 5.33. The average Bonchev–Trinajstić information content (AvgIpc) is 2.62. The molecule has 2 N–H and O–H groups in total. The van der Waals surface area contributed by atoms with Gasteiger partial charge in [-0.1, -0.05) is 36.1 Å². The third kappa shape index (κ3) is 1.49. The van der Waals surface area contributed by atoms with Gasteiger partial charge in [-0.05, 0) is 23.6 Å². The molecule has 1 nitrogen and oxygen atoms in total. The first kappa shape index (κ1) is 8.10. The van der Waals surface area contributed by atoms with E-state index in [1.165, 1.54) is 11.1 Å². The van der Waals surface area contributed by atoms with Crippen LogP contribution in [-0.2, 0) is 6.42 Å². The normalized spacial score (nSPS) is 12.1. The first-order valence-corrected chi connectivity index (χ1v) is 4.39. The summed E-state index contributed by atoms with van der Waals surface area (Å²) in [5.74, 6) is 5.97. The summed E-state index contributed by atoms with van der Waals surface area (Å²) in [6.45, 7) is 0.428. The Labute approximate surface area is 78.3 Å². The molecule has 1 aliphatic carbocycles. The van der Waals surface area contributed by atoms with Crippen molar-refractivity contribution in [2.75, 3.05) is 6.54 Å². The van der Waals surface area contributed by atoms with E-state index in [0.717, 1.165) is 12.0 Å². The SMILES string of the molecule is NCC#Cc1cccc2c1CC=C2. The summed E-state index contributed by atoms with van der Waals surface area (Å²) in [5.41, 5.74) is 9.08. The second-order valence-corrected chi connectivity index (χ2v) is 2.99. The number of rotatable bonds is 0. The van der Waals surface area contributed by atoms with Crippen molar-refractivity contribution in [2.24, 2.45) is 5.73 Å². The number of hydrogen-bond acceptors (Lipinski definition) is 1. The minimum Gasteiger partial charge on any atom is -0.320 e. The summed E-state index contributed by atoms with van der Waals surface area (Å²) in [6.07, 6.45) is 5.31. The third-order valence-corrected chi connectivity index (χ3v) is 2.16. The molecule has 0 amide bonds. The zero-order chi connectivity index (χ0) is 9.10. The van der Waals surface area contributed by atoms with Gasteiger partial charge in [-0.25, -0.2) is 0 Å². The molecule has 0 aliphatic heterocycles. The third-order valence-electron chi connectivity index (χ3n) is 2.16. The molecule has 2 rings (SSSR count). The number of benzene rings is 1. The van der Waals surface area contributed by atoms with Crippen LogP contribution < -0.4 is 5.73 Å². The Balaban J connectivity index is 2.44. The predicted molar refractivity (Wildman–Crippen MR) is 55.1 cm³/mol. The largest absolute Gasteiger partial charge is 0.320 e. The van der Waals surface area contributed by atoms with E-state index in [1.54, 1.807) is 0 Å². The van der Waals surface area contributed by atoms with E-state index in [-0.39, 0.29) is 0 Å². The lowest BCUT2D eigenvalue weighted by atomic mass is 10.0. The van der Waals surface area contributed by atoms with Gasteiger partial charge in [0.15, 0.2) is 0 Å². The summed E-state index contributed by atoms with van der Waals surface area (Å²) >= 11 is 0. The molecule has 0 saturated heterocycles. The monoisotopic (exact) mass is 169 g/mol. The van der Waals surface area contributed by atoms with Gasteiger partial charge in [0.05, 0.1) is 6.54 Å². The zero-order valence-electron chi connectivity index (χ0n) is 7.38. The van der Waals surface area contributed by atoms with Crippen LogP contribution in [0, 0.1) is 11.8 Å². The molecular weight excluding hydrogens is 158 g/mol. The maximum Gasteiger partial charge on any atom is 0.0555 e. The summed E-state index contributed by atoms with van der Waals surface area (Å²) < 4.78 is 0. The quantitative estimate of drug-likeness (QED) is 0.586. The van der Waals surface area contributed by atoms with Crippen molar-refractivity contribution in [3.8, 4) is 11.8 Å². The Morgan fingerprint density at radius 2 is 2.31 bits per heavy atom. The van der Waals surface area contributed by atoms with Crippen molar-refractivity contribution in [1.82, 2.24) is 0 Å². The van der Waals surface area contributed by atoms with Gasteiger partial charge in [0.25, 0.3) is 0 Å². The van der Waals surface area contributed by atoms with E-state index in [2.05, 4.69) is 36.1 Å². The molecule has 0 heterocycles. The Morgan fingerprint density at radius 3 is 3.15 bits per heavy atom. The van der Waals surface area contributed by atoms with Crippen LogP contribution in [0.25, 0.3) is 6.08 Å². The minimum atomic E-state index is 0.428. The fourth-order valence-electron chi connectivity index (χ4n) is 1.56.